The predicted octanol–water partition coefficient (Wildman–Crippen LogP) is 1.56. The summed E-state index contributed by atoms with van der Waals surface area (Å²) in [7, 11) is 0. The van der Waals surface area contributed by atoms with Crippen molar-refractivity contribution in [1.29, 1.82) is 0 Å². The number of hydrogen-bond acceptors (Lipinski definition) is 3. The fourth-order valence-corrected chi connectivity index (χ4v) is 2.24. The number of aromatic hydroxyl groups is 1. The standard InChI is InChI=1S/C14H20N2O2/c1-10(2)11-4-3-5-12(13(11)17)14(18)16-8-6-15-7-9-16/h3-5,10,15,17H,6-9H2,1-2H3. The van der Waals surface area contributed by atoms with Crippen LogP contribution in [0.1, 0.15) is 35.7 Å². The lowest BCUT2D eigenvalue weighted by atomic mass is 9.98. The summed E-state index contributed by atoms with van der Waals surface area (Å²) >= 11 is 0. The Morgan fingerprint density at radius 2 is 2.00 bits per heavy atom. The van der Waals surface area contributed by atoms with Crippen molar-refractivity contribution in [3.63, 3.8) is 0 Å². The lowest BCUT2D eigenvalue weighted by Crippen LogP contribution is -2.46. The van der Waals surface area contributed by atoms with Crippen LogP contribution in [-0.2, 0) is 0 Å². The Hall–Kier alpha value is -1.55. The Bertz CT molecular complexity index is 437. The van der Waals surface area contributed by atoms with E-state index >= 15 is 0 Å². The number of hydrogen-bond donors (Lipinski definition) is 2. The second kappa shape index (κ2) is 5.40. The number of para-hydroxylation sites is 1. The maximum absolute atomic E-state index is 12.3. The van der Waals surface area contributed by atoms with Crippen molar-refractivity contribution in [3.8, 4) is 5.75 Å². The van der Waals surface area contributed by atoms with Gasteiger partial charge in [0.1, 0.15) is 5.75 Å². The second-order valence-electron chi connectivity index (χ2n) is 4.94. The molecule has 0 spiro atoms. The number of nitrogens with one attached hydrogen (secondary N) is 1. The van der Waals surface area contributed by atoms with E-state index in [4.69, 9.17) is 0 Å². The van der Waals surface area contributed by atoms with Crippen LogP contribution in [0.2, 0.25) is 0 Å². The summed E-state index contributed by atoms with van der Waals surface area (Å²) < 4.78 is 0. The molecule has 98 valence electrons. The van der Waals surface area contributed by atoms with Gasteiger partial charge < -0.3 is 15.3 Å². The van der Waals surface area contributed by atoms with Crippen molar-refractivity contribution in [2.45, 2.75) is 19.8 Å². The smallest absolute Gasteiger partial charge is 0.257 e. The van der Waals surface area contributed by atoms with Gasteiger partial charge in [0.25, 0.3) is 5.91 Å². The summed E-state index contributed by atoms with van der Waals surface area (Å²) in [4.78, 5) is 14.1. The molecule has 2 rings (SSSR count). The zero-order valence-corrected chi connectivity index (χ0v) is 10.9. The molecule has 1 saturated heterocycles. The highest BCUT2D eigenvalue weighted by atomic mass is 16.3. The fraction of sp³-hybridized carbons (Fsp3) is 0.500. The molecule has 1 fully saturated rings. The monoisotopic (exact) mass is 248 g/mol. The first kappa shape index (κ1) is 12.9. The topological polar surface area (TPSA) is 52.6 Å². The van der Waals surface area contributed by atoms with E-state index < -0.39 is 0 Å². The Morgan fingerprint density at radius 3 is 2.61 bits per heavy atom. The molecule has 18 heavy (non-hydrogen) atoms. The van der Waals surface area contributed by atoms with E-state index in [0.717, 1.165) is 18.7 Å². The van der Waals surface area contributed by atoms with Crippen LogP contribution in [0.3, 0.4) is 0 Å². The van der Waals surface area contributed by atoms with Gasteiger partial charge in [-0.05, 0) is 17.5 Å². The van der Waals surface area contributed by atoms with Gasteiger partial charge in [-0.15, -0.1) is 0 Å². The van der Waals surface area contributed by atoms with Crippen molar-refractivity contribution in [1.82, 2.24) is 10.2 Å². The van der Waals surface area contributed by atoms with Crippen LogP contribution in [0.5, 0.6) is 5.75 Å². The van der Waals surface area contributed by atoms with E-state index in [-0.39, 0.29) is 17.6 Å². The average Bonchev–Trinajstić information content (AvgIpc) is 2.39. The maximum atomic E-state index is 12.3. The SMILES string of the molecule is CC(C)c1cccc(C(=O)N2CCNCC2)c1O. The molecule has 1 heterocycles. The lowest BCUT2D eigenvalue weighted by Gasteiger charge is -2.28. The molecule has 0 atom stereocenters. The van der Waals surface area contributed by atoms with Crippen LogP contribution >= 0.6 is 0 Å². The zero-order chi connectivity index (χ0) is 13.1. The highest BCUT2D eigenvalue weighted by molar-refractivity contribution is 5.97. The summed E-state index contributed by atoms with van der Waals surface area (Å²) in [6.45, 7) is 7.04. The number of carbonyl (C=O) groups is 1. The van der Waals surface area contributed by atoms with Crippen LogP contribution in [0.15, 0.2) is 18.2 Å². The Balaban J connectivity index is 2.27. The Morgan fingerprint density at radius 1 is 1.33 bits per heavy atom. The molecule has 1 aliphatic rings. The minimum atomic E-state index is -0.0727. The quantitative estimate of drug-likeness (QED) is 0.835. The minimum Gasteiger partial charge on any atom is -0.507 e. The van der Waals surface area contributed by atoms with Crippen LogP contribution in [0.25, 0.3) is 0 Å². The van der Waals surface area contributed by atoms with Gasteiger partial charge in [0, 0.05) is 26.2 Å². The van der Waals surface area contributed by atoms with E-state index in [2.05, 4.69) is 5.32 Å². The predicted molar refractivity (Wildman–Crippen MR) is 71.0 cm³/mol. The largest absolute Gasteiger partial charge is 0.507 e. The van der Waals surface area contributed by atoms with E-state index in [0.29, 0.717) is 18.7 Å². The molecule has 0 unspecified atom stereocenters. The van der Waals surface area contributed by atoms with Crippen molar-refractivity contribution in [3.05, 3.63) is 29.3 Å². The molecule has 4 heteroatoms. The number of rotatable bonds is 2. The summed E-state index contributed by atoms with van der Waals surface area (Å²) in [5.41, 5.74) is 1.25. The zero-order valence-electron chi connectivity index (χ0n) is 10.9. The molecule has 0 bridgehead atoms. The molecular weight excluding hydrogens is 228 g/mol. The van der Waals surface area contributed by atoms with Crippen LogP contribution in [0, 0.1) is 0 Å². The molecule has 1 aromatic carbocycles. The van der Waals surface area contributed by atoms with Crippen LogP contribution in [-0.4, -0.2) is 42.1 Å². The Labute approximate surface area is 108 Å². The molecule has 0 aliphatic carbocycles. The number of phenols is 1. The third-order valence-corrected chi connectivity index (χ3v) is 3.32. The van der Waals surface area contributed by atoms with E-state index in [1.807, 2.05) is 26.0 Å². The molecule has 1 aliphatic heterocycles. The first-order chi connectivity index (χ1) is 8.61. The van der Waals surface area contributed by atoms with Gasteiger partial charge in [0.15, 0.2) is 0 Å². The fourth-order valence-electron chi connectivity index (χ4n) is 2.24. The van der Waals surface area contributed by atoms with Crippen molar-refractivity contribution in [2.24, 2.45) is 0 Å². The molecule has 1 aromatic rings. The first-order valence-electron chi connectivity index (χ1n) is 6.43. The summed E-state index contributed by atoms with van der Waals surface area (Å²) in [5, 5.41) is 13.4. The third-order valence-electron chi connectivity index (χ3n) is 3.32. The molecule has 0 saturated carbocycles. The minimum absolute atomic E-state index is 0.0727. The van der Waals surface area contributed by atoms with Crippen molar-refractivity contribution < 1.29 is 9.90 Å². The number of nitrogens with zero attached hydrogens (tertiary/aromatic N) is 1. The van der Waals surface area contributed by atoms with Crippen molar-refractivity contribution >= 4 is 5.91 Å². The number of piperazine rings is 1. The first-order valence-corrected chi connectivity index (χ1v) is 6.43. The molecule has 0 radical (unpaired) electrons. The maximum Gasteiger partial charge on any atom is 0.257 e. The van der Waals surface area contributed by atoms with Gasteiger partial charge in [0.2, 0.25) is 0 Å². The second-order valence-corrected chi connectivity index (χ2v) is 4.94. The van der Waals surface area contributed by atoms with Crippen LogP contribution in [0.4, 0.5) is 0 Å². The van der Waals surface area contributed by atoms with Gasteiger partial charge in [-0.2, -0.15) is 0 Å². The number of benzene rings is 1. The van der Waals surface area contributed by atoms with E-state index in [1.54, 1.807) is 11.0 Å². The molecule has 2 N–H and O–H groups in total. The van der Waals surface area contributed by atoms with Gasteiger partial charge in [-0.1, -0.05) is 26.0 Å². The summed E-state index contributed by atoms with van der Waals surface area (Å²) in [5.74, 6) is 0.272. The van der Waals surface area contributed by atoms with Crippen molar-refractivity contribution in [2.75, 3.05) is 26.2 Å². The number of amides is 1. The lowest BCUT2D eigenvalue weighted by molar-refractivity contribution is 0.0732. The molecular formula is C14H20N2O2. The average molecular weight is 248 g/mol. The van der Waals surface area contributed by atoms with Gasteiger partial charge >= 0.3 is 0 Å². The van der Waals surface area contributed by atoms with Crippen LogP contribution < -0.4 is 5.32 Å². The molecule has 1 amide bonds. The van der Waals surface area contributed by atoms with Gasteiger partial charge in [0.05, 0.1) is 5.56 Å². The molecule has 0 aromatic heterocycles. The van der Waals surface area contributed by atoms with Gasteiger partial charge in [-0.3, -0.25) is 4.79 Å². The Kier molecular flexibility index (Phi) is 3.87. The normalized spacial score (nSPS) is 16.1. The third kappa shape index (κ3) is 2.48. The van der Waals surface area contributed by atoms with Gasteiger partial charge in [-0.25, -0.2) is 0 Å². The van der Waals surface area contributed by atoms with E-state index in [1.165, 1.54) is 0 Å². The number of carbonyl (C=O) groups excluding carboxylic acids is 1. The molecule has 4 nitrogen and oxygen atoms in total. The summed E-state index contributed by atoms with van der Waals surface area (Å²) in [6, 6.07) is 5.41. The number of phenolic OH excluding ortho intramolecular Hbond substituents is 1. The van der Waals surface area contributed by atoms with E-state index in [9.17, 15) is 9.90 Å². The summed E-state index contributed by atoms with van der Waals surface area (Å²) in [6.07, 6.45) is 0. The highest BCUT2D eigenvalue weighted by Crippen LogP contribution is 2.29. The highest BCUT2D eigenvalue weighted by Gasteiger charge is 2.22.